The number of aliphatic hydroxyl groups is 1. The third-order valence-electron chi connectivity index (χ3n) is 4.43. The van der Waals surface area contributed by atoms with E-state index in [0.29, 0.717) is 0 Å². The second-order valence-corrected chi connectivity index (χ2v) is 6.03. The van der Waals surface area contributed by atoms with Gasteiger partial charge in [-0.3, -0.25) is 9.59 Å². The van der Waals surface area contributed by atoms with Gasteiger partial charge in [0.05, 0.1) is 0 Å². The number of carbonyl (C=O) groups is 2. The molecule has 2 unspecified atom stereocenters. The number of hydrogen-bond donors (Lipinski definition) is 3. The zero-order chi connectivity index (χ0) is 16.8. The van der Waals surface area contributed by atoms with Gasteiger partial charge in [-0.25, -0.2) is 4.39 Å². The first-order valence-electron chi connectivity index (χ1n) is 8.00. The van der Waals surface area contributed by atoms with Crippen molar-refractivity contribution in [3.05, 3.63) is 29.6 Å². The topological polar surface area (TPSA) is 78.4 Å². The summed E-state index contributed by atoms with van der Waals surface area (Å²) in [5.74, 6) is -2.03. The molecule has 1 aromatic rings. The highest BCUT2D eigenvalue weighted by Gasteiger charge is 2.27. The maximum absolute atomic E-state index is 13.5. The summed E-state index contributed by atoms with van der Waals surface area (Å²) in [6, 6.07) is 4.12. The number of aliphatic hydroxyl groups excluding tert-OH is 1. The third-order valence-corrected chi connectivity index (χ3v) is 4.43. The lowest BCUT2D eigenvalue weighted by Gasteiger charge is -2.24. The molecule has 0 bridgehead atoms. The van der Waals surface area contributed by atoms with Gasteiger partial charge in [-0.1, -0.05) is 25.3 Å². The molecule has 126 valence electrons. The lowest BCUT2D eigenvalue weighted by Crippen LogP contribution is -2.45. The van der Waals surface area contributed by atoms with Crippen LogP contribution in [0.1, 0.15) is 37.7 Å². The van der Waals surface area contributed by atoms with Gasteiger partial charge in [-0.15, -0.1) is 0 Å². The van der Waals surface area contributed by atoms with Crippen molar-refractivity contribution in [1.82, 2.24) is 5.32 Å². The summed E-state index contributed by atoms with van der Waals surface area (Å²) in [5.41, 5.74) is 0.570. The Morgan fingerprint density at radius 3 is 2.70 bits per heavy atom. The standard InChI is InChI=1S/C17H23FN2O3/c1-11-13(18)7-5-9-14(11)19-16(22)17(23)20-15-8-4-2-3-6-12(15)10-21/h5,7,9,12,15,21H,2-4,6,8,10H2,1H3,(H,19,22)(H,20,23). The number of amides is 2. The van der Waals surface area contributed by atoms with Crippen LogP contribution in [0, 0.1) is 18.7 Å². The number of carbonyl (C=O) groups excluding carboxylic acids is 2. The SMILES string of the molecule is Cc1c(F)cccc1NC(=O)C(=O)NC1CCCCCC1CO. The van der Waals surface area contributed by atoms with Gasteiger partial charge in [0, 0.05) is 29.8 Å². The first kappa shape index (κ1) is 17.4. The smallest absolute Gasteiger partial charge is 0.313 e. The molecule has 0 aromatic heterocycles. The van der Waals surface area contributed by atoms with Crippen LogP contribution in [-0.4, -0.2) is 29.6 Å². The Morgan fingerprint density at radius 2 is 1.96 bits per heavy atom. The molecule has 23 heavy (non-hydrogen) atoms. The molecule has 1 fully saturated rings. The quantitative estimate of drug-likeness (QED) is 0.589. The molecular weight excluding hydrogens is 299 g/mol. The van der Waals surface area contributed by atoms with Crippen molar-refractivity contribution in [2.75, 3.05) is 11.9 Å². The second-order valence-electron chi connectivity index (χ2n) is 6.03. The number of halogens is 1. The summed E-state index contributed by atoms with van der Waals surface area (Å²) in [7, 11) is 0. The van der Waals surface area contributed by atoms with Crippen LogP contribution in [0.15, 0.2) is 18.2 Å². The van der Waals surface area contributed by atoms with Crippen LogP contribution in [-0.2, 0) is 9.59 Å². The minimum absolute atomic E-state index is 0.00439. The van der Waals surface area contributed by atoms with Crippen LogP contribution in [0.4, 0.5) is 10.1 Å². The Kier molecular flexibility index (Phi) is 6.10. The molecule has 0 aliphatic heterocycles. The molecule has 0 spiro atoms. The zero-order valence-electron chi connectivity index (χ0n) is 13.3. The van der Waals surface area contributed by atoms with Crippen LogP contribution >= 0.6 is 0 Å². The molecule has 2 atom stereocenters. The monoisotopic (exact) mass is 322 g/mol. The molecule has 0 heterocycles. The molecule has 0 saturated heterocycles. The van der Waals surface area contributed by atoms with E-state index in [-0.39, 0.29) is 29.8 Å². The molecule has 3 N–H and O–H groups in total. The van der Waals surface area contributed by atoms with Gasteiger partial charge in [-0.05, 0) is 31.9 Å². The van der Waals surface area contributed by atoms with E-state index in [4.69, 9.17) is 0 Å². The predicted octanol–water partition coefficient (Wildman–Crippen LogP) is 2.13. The van der Waals surface area contributed by atoms with Crippen molar-refractivity contribution in [3.8, 4) is 0 Å². The van der Waals surface area contributed by atoms with E-state index in [0.717, 1.165) is 32.1 Å². The molecule has 1 saturated carbocycles. The molecule has 2 amide bonds. The number of anilines is 1. The average Bonchev–Trinajstić information content (AvgIpc) is 2.76. The van der Waals surface area contributed by atoms with Gasteiger partial charge in [0.1, 0.15) is 5.82 Å². The Labute approximate surface area is 135 Å². The highest BCUT2D eigenvalue weighted by atomic mass is 19.1. The van der Waals surface area contributed by atoms with E-state index < -0.39 is 17.6 Å². The van der Waals surface area contributed by atoms with Crippen molar-refractivity contribution >= 4 is 17.5 Å². The lowest BCUT2D eigenvalue weighted by atomic mass is 9.95. The first-order valence-corrected chi connectivity index (χ1v) is 8.00. The summed E-state index contributed by atoms with van der Waals surface area (Å²) in [6.07, 6.45) is 4.64. The fourth-order valence-corrected chi connectivity index (χ4v) is 2.95. The molecule has 5 nitrogen and oxygen atoms in total. The molecular formula is C17H23FN2O3. The third kappa shape index (κ3) is 4.51. The van der Waals surface area contributed by atoms with Crippen LogP contribution in [0.2, 0.25) is 0 Å². The van der Waals surface area contributed by atoms with Crippen molar-refractivity contribution < 1.29 is 19.1 Å². The van der Waals surface area contributed by atoms with E-state index in [1.54, 1.807) is 6.07 Å². The van der Waals surface area contributed by atoms with Gasteiger partial charge in [0.25, 0.3) is 0 Å². The van der Waals surface area contributed by atoms with Gasteiger partial charge < -0.3 is 15.7 Å². The largest absolute Gasteiger partial charge is 0.396 e. The summed E-state index contributed by atoms with van der Waals surface area (Å²) in [4.78, 5) is 24.1. The van der Waals surface area contributed by atoms with Crippen LogP contribution in [0.25, 0.3) is 0 Å². The molecule has 6 heteroatoms. The van der Waals surface area contributed by atoms with Gasteiger partial charge in [-0.2, -0.15) is 0 Å². The minimum atomic E-state index is -0.820. The molecule has 1 aliphatic rings. The average molecular weight is 322 g/mol. The van der Waals surface area contributed by atoms with E-state index >= 15 is 0 Å². The molecule has 1 aromatic carbocycles. The Bertz CT molecular complexity index is 577. The number of rotatable bonds is 3. The van der Waals surface area contributed by atoms with Crippen LogP contribution < -0.4 is 10.6 Å². The highest BCUT2D eigenvalue weighted by Crippen LogP contribution is 2.23. The summed E-state index contributed by atoms with van der Waals surface area (Å²) in [6.45, 7) is 1.53. The minimum Gasteiger partial charge on any atom is -0.396 e. The fourth-order valence-electron chi connectivity index (χ4n) is 2.95. The summed E-state index contributed by atoms with van der Waals surface area (Å²) < 4.78 is 13.5. The normalized spacial score (nSPS) is 21.3. The van der Waals surface area contributed by atoms with Crippen molar-refractivity contribution in [2.45, 2.75) is 45.1 Å². The van der Waals surface area contributed by atoms with Crippen molar-refractivity contribution in [1.29, 1.82) is 0 Å². The Morgan fingerprint density at radius 1 is 1.22 bits per heavy atom. The van der Waals surface area contributed by atoms with Gasteiger partial charge in [0.15, 0.2) is 0 Å². The lowest BCUT2D eigenvalue weighted by molar-refractivity contribution is -0.137. The summed E-state index contributed by atoms with van der Waals surface area (Å²) in [5, 5.41) is 14.6. The Balaban J connectivity index is 1.99. The molecule has 1 aliphatic carbocycles. The van der Waals surface area contributed by atoms with E-state index in [2.05, 4.69) is 10.6 Å². The van der Waals surface area contributed by atoms with E-state index in [1.165, 1.54) is 19.1 Å². The Hall–Kier alpha value is -1.95. The highest BCUT2D eigenvalue weighted by molar-refractivity contribution is 6.39. The van der Waals surface area contributed by atoms with E-state index in [9.17, 15) is 19.1 Å². The van der Waals surface area contributed by atoms with E-state index in [1.807, 2.05) is 0 Å². The van der Waals surface area contributed by atoms with Crippen molar-refractivity contribution in [2.24, 2.45) is 5.92 Å². The van der Waals surface area contributed by atoms with Crippen LogP contribution in [0.5, 0.6) is 0 Å². The number of hydrogen-bond acceptors (Lipinski definition) is 3. The second kappa shape index (κ2) is 8.06. The van der Waals surface area contributed by atoms with Crippen molar-refractivity contribution in [3.63, 3.8) is 0 Å². The molecule has 2 rings (SSSR count). The van der Waals surface area contributed by atoms with Crippen LogP contribution in [0.3, 0.4) is 0 Å². The zero-order valence-corrected chi connectivity index (χ0v) is 13.3. The van der Waals surface area contributed by atoms with Gasteiger partial charge in [0.2, 0.25) is 0 Å². The number of nitrogens with one attached hydrogen (secondary N) is 2. The number of benzene rings is 1. The predicted molar refractivity (Wildman–Crippen MR) is 85.4 cm³/mol. The first-order chi connectivity index (χ1) is 11.0. The molecule has 0 radical (unpaired) electrons. The van der Waals surface area contributed by atoms with Gasteiger partial charge >= 0.3 is 11.8 Å². The maximum Gasteiger partial charge on any atom is 0.313 e. The summed E-state index contributed by atoms with van der Waals surface area (Å²) >= 11 is 0. The maximum atomic E-state index is 13.5. The fraction of sp³-hybridized carbons (Fsp3) is 0.529.